The number of para-hydroxylation sites is 1. The summed E-state index contributed by atoms with van der Waals surface area (Å²) in [6, 6.07) is 19.9. The molecule has 2 N–H and O–H groups in total. The number of nitrogens with zero attached hydrogens (tertiary/aromatic N) is 3. The first-order valence-electron chi connectivity index (χ1n) is 6.50. The van der Waals surface area contributed by atoms with Gasteiger partial charge in [-0.2, -0.15) is 0 Å². The lowest BCUT2D eigenvalue weighted by molar-refractivity contribution is 0.545. The van der Waals surface area contributed by atoms with Gasteiger partial charge in [0, 0.05) is 5.69 Å². The highest BCUT2D eigenvalue weighted by Crippen LogP contribution is 2.26. The standard InChI is InChI=1S/C16H16N4/c1-16(17,13-8-4-2-5-9-13)15-19-18-12-20(15)14-10-6-3-7-11-14/h2-12H,17H2,1H3. The summed E-state index contributed by atoms with van der Waals surface area (Å²) in [5, 5.41) is 8.25. The van der Waals surface area contributed by atoms with Gasteiger partial charge in [0.15, 0.2) is 5.82 Å². The molecule has 4 nitrogen and oxygen atoms in total. The Balaban J connectivity index is 2.10. The molecule has 1 atom stereocenters. The highest BCUT2D eigenvalue weighted by atomic mass is 15.3. The van der Waals surface area contributed by atoms with Gasteiger partial charge in [0.1, 0.15) is 6.33 Å². The van der Waals surface area contributed by atoms with Gasteiger partial charge in [-0.05, 0) is 24.6 Å². The van der Waals surface area contributed by atoms with E-state index in [0.29, 0.717) is 0 Å². The maximum Gasteiger partial charge on any atom is 0.161 e. The topological polar surface area (TPSA) is 56.7 Å². The molecule has 0 bridgehead atoms. The van der Waals surface area contributed by atoms with Crippen molar-refractivity contribution < 1.29 is 0 Å². The van der Waals surface area contributed by atoms with E-state index >= 15 is 0 Å². The molecular weight excluding hydrogens is 248 g/mol. The van der Waals surface area contributed by atoms with E-state index in [1.807, 2.05) is 72.2 Å². The second-order valence-electron chi connectivity index (χ2n) is 4.93. The summed E-state index contributed by atoms with van der Waals surface area (Å²) in [4.78, 5) is 0. The van der Waals surface area contributed by atoms with Gasteiger partial charge in [-0.25, -0.2) is 0 Å². The Bertz CT molecular complexity index is 687. The van der Waals surface area contributed by atoms with Crippen LogP contribution in [0.4, 0.5) is 0 Å². The monoisotopic (exact) mass is 264 g/mol. The quantitative estimate of drug-likeness (QED) is 0.790. The van der Waals surface area contributed by atoms with Crippen molar-refractivity contribution in [2.24, 2.45) is 5.73 Å². The fourth-order valence-corrected chi connectivity index (χ4v) is 2.28. The smallest absolute Gasteiger partial charge is 0.161 e. The van der Waals surface area contributed by atoms with Crippen LogP contribution in [-0.4, -0.2) is 14.8 Å². The molecule has 1 aromatic heterocycles. The van der Waals surface area contributed by atoms with E-state index in [9.17, 15) is 0 Å². The van der Waals surface area contributed by atoms with Gasteiger partial charge in [0.05, 0.1) is 5.54 Å². The van der Waals surface area contributed by atoms with Gasteiger partial charge < -0.3 is 5.73 Å². The molecule has 0 fully saturated rings. The average Bonchev–Trinajstić information content (AvgIpc) is 2.99. The largest absolute Gasteiger partial charge is 0.315 e. The van der Waals surface area contributed by atoms with Gasteiger partial charge in [-0.3, -0.25) is 4.57 Å². The first kappa shape index (κ1) is 12.6. The molecule has 3 rings (SSSR count). The fourth-order valence-electron chi connectivity index (χ4n) is 2.28. The van der Waals surface area contributed by atoms with E-state index < -0.39 is 5.54 Å². The number of aromatic nitrogens is 3. The second-order valence-corrected chi connectivity index (χ2v) is 4.93. The van der Waals surface area contributed by atoms with Crippen LogP contribution in [-0.2, 0) is 5.54 Å². The van der Waals surface area contributed by atoms with Crippen LogP contribution < -0.4 is 5.73 Å². The molecule has 0 radical (unpaired) electrons. The van der Waals surface area contributed by atoms with E-state index in [-0.39, 0.29) is 0 Å². The zero-order chi connectivity index (χ0) is 14.0. The summed E-state index contributed by atoms with van der Waals surface area (Å²) in [6.45, 7) is 1.95. The van der Waals surface area contributed by atoms with Crippen molar-refractivity contribution in [2.75, 3.05) is 0 Å². The maximum atomic E-state index is 6.52. The summed E-state index contributed by atoms with van der Waals surface area (Å²) < 4.78 is 1.92. The third kappa shape index (κ3) is 2.10. The third-order valence-electron chi connectivity index (χ3n) is 3.42. The Morgan fingerprint density at radius 2 is 1.55 bits per heavy atom. The van der Waals surface area contributed by atoms with Crippen LogP contribution >= 0.6 is 0 Å². The van der Waals surface area contributed by atoms with Gasteiger partial charge in [-0.1, -0.05) is 48.5 Å². The van der Waals surface area contributed by atoms with Crippen LogP contribution in [0.5, 0.6) is 0 Å². The molecule has 4 heteroatoms. The van der Waals surface area contributed by atoms with Crippen molar-refractivity contribution in [3.8, 4) is 5.69 Å². The van der Waals surface area contributed by atoms with Crippen LogP contribution in [0.2, 0.25) is 0 Å². The number of benzene rings is 2. The molecule has 2 aromatic carbocycles. The van der Waals surface area contributed by atoms with E-state index in [1.165, 1.54) is 0 Å². The molecular formula is C16H16N4. The third-order valence-corrected chi connectivity index (χ3v) is 3.42. The highest BCUT2D eigenvalue weighted by Gasteiger charge is 2.29. The van der Waals surface area contributed by atoms with E-state index in [2.05, 4.69) is 10.2 Å². The molecule has 100 valence electrons. The van der Waals surface area contributed by atoms with Crippen molar-refractivity contribution in [1.29, 1.82) is 0 Å². The van der Waals surface area contributed by atoms with Crippen molar-refractivity contribution >= 4 is 0 Å². The van der Waals surface area contributed by atoms with Crippen molar-refractivity contribution in [3.63, 3.8) is 0 Å². The Morgan fingerprint density at radius 1 is 0.950 bits per heavy atom. The van der Waals surface area contributed by atoms with Crippen molar-refractivity contribution in [3.05, 3.63) is 78.4 Å². The van der Waals surface area contributed by atoms with Crippen molar-refractivity contribution in [2.45, 2.75) is 12.5 Å². The molecule has 1 unspecified atom stereocenters. The van der Waals surface area contributed by atoms with Gasteiger partial charge in [-0.15, -0.1) is 10.2 Å². The predicted molar refractivity (Wildman–Crippen MR) is 78.4 cm³/mol. The van der Waals surface area contributed by atoms with Crippen molar-refractivity contribution in [1.82, 2.24) is 14.8 Å². The molecule has 0 saturated carbocycles. The summed E-state index contributed by atoms with van der Waals surface area (Å²) in [7, 11) is 0. The zero-order valence-corrected chi connectivity index (χ0v) is 11.3. The first-order valence-corrected chi connectivity index (χ1v) is 6.50. The Labute approximate surface area is 117 Å². The molecule has 0 aliphatic rings. The fraction of sp³-hybridized carbons (Fsp3) is 0.125. The van der Waals surface area contributed by atoms with Crippen LogP contribution in [0.1, 0.15) is 18.3 Å². The normalized spacial score (nSPS) is 13.9. The van der Waals surface area contributed by atoms with Gasteiger partial charge >= 0.3 is 0 Å². The average molecular weight is 264 g/mol. The van der Waals surface area contributed by atoms with E-state index in [0.717, 1.165) is 17.1 Å². The zero-order valence-electron chi connectivity index (χ0n) is 11.3. The maximum absolute atomic E-state index is 6.52. The molecule has 1 heterocycles. The Hall–Kier alpha value is -2.46. The molecule has 0 amide bonds. The summed E-state index contributed by atoms with van der Waals surface area (Å²) >= 11 is 0. The molecule has 0 saturated heterocycles. The number of hydrogen-bond acceptors (Lipinski definition) is 3. The number of hydrogen-bond donors (Lipinski definition) is 1. The molecule has 20 heavy (non-hydrogen) atoms. The molecule has 3 aromatic rings. The Kier molecular flexibility index (Phi) is 3.08. The van der Waals surface area contributed by atoms with Crippen LogP contribution in [0.3, 0.4) is 0 Å². The van der Waals surface area contributed by atoms with Gasteiger partial charge in [0.2, 0.25) is 0 Å². The van der Waals surface area contributed by atoms with E-state index in [4.69, 9.17) is 5.73 Å². The molecule has 0 spiro atoms. The summed E-state index contributed by atoms with van der Waals surface area (Å²) in [5.74, 6) is 0.718. The first-order chi connectivity index (χ1) is 9.69. The minimum absolute atomic E-state index is 0.701. The lowest BCUT2D eigenvalue weighted by Gasteiger charge is -2.24. The van der Waals surface area contributed by atoms with Gasteiger partial charge in [0.25, 0.3) is 0 Å². The highest BCUT2D eigenvalue weighted by molar-refractivity contribution is 5.37. The van der Waals surface area contributed by atoms with Crippen LogP contribution in [0, 0.1) is 0 Å². The Morgan fingerprint density at radius 3 is 2.20 bits per heavy atom. The number of nitrogens with two attached hydrogens (primary N) is 1. The molecule has 0 aliphatic carbocycles. The lowest BCUT2D eigenvalue weighted by Crippen LogP contribution is -2.37. The number of rotatable bonds is 3. The minimum atomic E-state index is -0.701. The minimum Gasteiger partial charge on any atom is -0.315 e. The summed E-state index contributed by atoms with van der Waals surface area (Å²) in [5.41, 5.74) is 7.82. The predicted octanol–water partition coefficient (Wildman–Crippen LogP) is 2.49. The lowest BCUT2D eigenvalue weighted by atomic mass is 9.92. The SMILES string of the molecule is CC(N)(c1ccccc1)c1nncn1-c1ccccc1. The van der Waals surface area contributed by atoms with Crippen LogP contribution in [0.25, 0.3) is 5.69 Å². The summed E-state index contributed by atoms with van der Waals surface area (Å²) in [6.07, 6.45) is 1.69. The van der Waals surface area contributed by atoms with E-state index in [1.54, 1.807) is 6.33 Å². The molecule has 0 aliphatic heterocycles. The van der Waals surface area contributed by atoms with Crippen LogP contribution in [0.15, 0.2) is 67.0 Å². The second kappa shape index (κ2) is 4.90.